The Kier molecular flexibility index (Phi) is 5.09. The fourth-order valence-electron chi connectivity index (χ4n) is 3.65. The number of hydrogen-bond acceptors (Lipinski definition) is 7. The van der Waals surface area contributed by atoms with Crippen LogP contribution in [0.1, 0.15) is 16.8 Å². The third kappa shape index (κ3) is 4.05. The Hall–Kier alpha value is -4.47. The van der Waals surface area contributed by atoms with Crippen LogP contribution in [-0.2, 0) is 13.1 Å². The van der Waals surface area contributed by atoms with Crippen molar-refractivity contribution >= 4 is 11.0 Å². The molecule has 3 aromatic heterocycles. The number of hydrogen-bond donors (Lipinski definition) is 0. The van der Waals surface area contributed by atoms with Crippen molar-refractivity contribution in [2.24, 2.45) is 0 Å². The molecule has 0 aliphatic heterocycles. The molecule has 5 rings (SSSR count). The molecule has 0 amide bonds. The third-order valence-corrected chi connectivity index (χ3v) is 5.28. The molecule has 10 nitrogen and oxygen atoms in total. The van der Waals surface area contributed by atoms with Crippen LogP contribution in [0.2, 0.25) is 0 Å². The fraction of sp³-hybridized carbons (Fsp3) is 0.174. The molecule has 3 heterocycles. The monoisotopic (exact) mass is 444 g/mol. The van der Waals surface area contributed by atoms with Crippen LogP contribution in [0.15, 0.2) is 75.1 Å². The Morgan fingerprint density at radius 3 is 2.64 bits per heavy atom. The van der Waals surface area contributed by atoms with Gasteiger partial charge in [0, 0.05) is 11.5 Å². The Labute approximate surface area is 187 Å². The Bertz CT molecular complexity index is 1560. The molecule has 166 valence electrons. The highest BCUT2D eigenvalue weighted by Crippen LogP contribution is 2.19. The van der Waals surface area contributed by atoms with Crippen LogP contribution in [0, 0.1) is 6.92 Å². The van der Waals surface area contributed by atoms with Crippen LogP contribution >= 0.6 is 0 Å². The molecule has 33 heavy (non-hydrogen) atoms. The number of aromatic nitrogens is 6. The summed E-state index contributed by atoms with van der Waals surface area (Å²) in [6.07, 6.45) is 3.21. The van der Waals surface area contributed by atoms with Crippen molar-refractivity contribution in [3.8, 4) is 11.4 Å². The van der Waals surface area contributed by atoms with Gasteiger partial charge in [-0.15, -0.1) is 5.10 Å². The Balaban J connectivity index is 1.38. The zero-order valence-electron chi connectivity index (χ0n) is 18.0. The quantitative estimate of drug-likeness (QED) is 0.369. The Morgan fingerprint density at radius 1 is 1.03 bits per heavy atom. The maximum Gasteiger partial charge on any atom is 0.350 e. The summed E-state index contributed by atoms with van der Waals surface area (Å²) in [4.78, 5) is 24.7. The molecule has 2 aromatic carbocycles. The average molecular weight is 444 g/mol. The second-order valence-electron chi connectivity index (χ2n) is 7.65. The number of aryl methyl sites for hydroxylation is 1. The van der Waals surface area contributed by atoms with Gasteiger partial charge < -0.3 is 9.15 Å². The highest BCUT2D eigenvalue weighted by Gasteiger charge is 2.12. The maximum atomic E-state index is 12.8. The van der Waals surface area contributed by atoms with Crippen molar-refractivity contribution in [2.45, 2.75) is 20.0 Å². The van der Waals surface area contributed by atoms with Crippen LogP contribution in [0.25, 0.3) is 16.7 Å². The molecule has 5 aromatic rings. The second-order valence-corrected chi connectivity index (χ2v) is 7.65. The standard InChI is InChI=1S/C23H20N6O4/c1-15-3-8-21-20(9-15)16(10-22(30)33-21)11-28-13-17(25-26-28)12-27-14-24-29(23(27)31)18-4-6-19(32-2)7-5-18/h3-10,13-14H,11-12H2,1-2H3. The maximum absolute atomic E-state index is 12.8. The van der Waals surface area contributed by atoms with Crippen molar-refractivity contribution in [1.82, 2.24) is 29.3 Å². The van der Waals surface area contributed by atoms with E-state index in [0.29, 0.717) is 29.3 Å². The predicted molar refractivity (Wildman–Crippen MR) is 120 cm³/mol. The van der Waals surface area contributed by atoms with Gasteiger partial charge in [-0.2, -0.15) is 9.78 Å². The summed E-state index contributed by atoms with van der Waals surface area (Å²) in [7, 11) is 1.58. The first-order valence-corrected chi connectivity index (χ1v) is 10.2. The molecule has 0 unspecified atom stereocenters. The molecule has 0 fully saturated rings. The lowest BCUT2D eigenvalue weighted by molar-refractivity contribution is 0.414. The number of nitrogens with zero attached hydrogens (tertiary/aromatic N) is 6. The number of ether oxygens (including phenoxy) is 1. The van der Waals surface area contributed by atoms with E-state index in [1.54, 1.807) is 48.3 Å². The highest BCUT2D eigenvalue weighted by atomic mass is 16.5. The topological polar surface area (TPSA) is 110 Å². The molecule has 0 saturated heterocycles. The number of benzene rings is 2. The Morgan fingerprint density at radius 2 is 1.85 bits per heavy atom. The van der Waals surface area contributed by atoms with Gasteiger partial charge in [0.1, 0.15) is 23.4 Å². The zero-order valence-corrected chi connectivity index (χ0v) is 18.0. The minimum atomic E-state index is -0.417. The zero-order chi connectivity index (χ0) is 22.9. The molecule has 0 spiro atoms. The number of fused-ring (bicyclic) bond motifs is 1. The lowest BCUT2D eigenvalue weighted by atomic mass is 10.1. The van der Waals surface area contributed by atoms with E-state index in [2.05, 4.69) is 15.4 Å². The van der Waals surface area contributed by atoms with Gasteiger partial charge in [-0.25, -0.2) is 14.3 Å². The van der Waals surface area contributed by atoms with Crippen LogP contribution in [0.4, 0.5) is 0 Å². The normalized spacial score (nSPS) is 11.2. The van der Waals surface area contributed by atoms with Gasteiger partial charge in [-0.3, -0.25) is 4.57 Å². The van der Waals surface area contributed by atoms with E-state index in [4.69, 9.17) is 9.15 Å². The first-order valence-electron chi connectivity index (χ1n) is 10.2. The molecule has 0 aliphatic carbocycles. The summed E-state index contributed by atoms with van der Waals surface area (Å²) in [6.45, 7) is 2.54. The molecule has 0 saturated carbocycles. The van der Waals surface area contributed by atoms with Gasteiger partial charge in [-0.1, -0.05) is 16.8 Å². The minimum absolute atomic E-state index is 0.214. The first-order chi connectivity index (χ1) is 16.0. The lowest BCUT2D eigenvalue weighted by Gasteiger charge is -2.06. The van der Waals surface area contributed by atoms with Gasteiger partial charge in [0.05, 0.1) is 32.1 Å². The number of methoxy groups -OCH3 is 1. The van der Waals surface area contributed by atoms with Crippen LogP contribution in [0.3, 0.4) is 0 Å². The van der Waals surface area contributed by atoms with Crippen molar-refractivity contribution < 1.29 is 9.15 Å². The van der Waals surface area contributed by atoms with E-state index in [-0.39, 0.29) is 12.2 Å². The minimum Gasteiger partial charge on any atom is -0.497 e. The molecular weight excluding hydrogens is 424 g/mol. The largest absolute Gasteiger partial charge is 0.497 e. The summed E-state index contributed by atoms with van der Waals surface area (Å²) in [5, 5.41) is 13.4. The van der Waals surface area contributed by atoms with Crippen molar-refractivity contribution in [1.29, 1.82) is 0 Å². The van der Waals surface area contributed by atoms with Gasteiger partial charge in [0.15, 0.2) is 0 Å². The summed E-state index contributed by atoms with van der Waals surface area (Å²) >= 11 is 0. The van der Waals surface area contributed by atoms with Gasteiger partial charge in [0.2, 0.25) is 0 Å². The molecule has 0 atom stereocenters. The van der Waals surface area contributed by atoms with Crippen molar-refractivity contribution in [3.63, 3.8) is 0 Å². The van der Waals surface area contributed by atoms with Crippen LogP contribution < -0.4 is 16.1 Å². The van der Waals surface area contributed by atoms with E-state index in [9.17, 15) is 9.59 Å². The average Bonchev–Trinajstić information content (AvgIpc) is 3.41. The van der Waals surface area contributed by atoms with E-state index < -0.39 is 5.63 Å². The first kappa shape index (κ1) is 20.4. The summed E-state index contributed by atoms with van der Waals surface area (Å²) in [5.74, 6) is 0.696. The molecule has 0 bridgehead atoms. The van der Waals surface area contributed by atoms with Crippen LogP contribution in [0.5, 0.6) is 5.75 Å². The van der Waals surface area contributed by atoms with Crippen molar-refractivity contribution in [3.05, 3.63) is 98.8 Å². The molecule has 0 aliphatic rings. The number of rotatable bonds is 6. The summed E-state index contributed by atoms with van der Waals surface area (Å²) < 4.78 is 14.8. The van der Waals surface area contributed by atoms with E-state index in [1.165, 1.54) is 21.6 Å². The van der Waals surface area contributed by atoms with E-state index in [0.717, 1.165) is 16.5 Å². The highest BCUT2D eigenvalue weighted by molar-refractivity contribution is 5.80. The van der Waals surface area contributed by atoms with Crippen molar-refractivity contribution in [2.75, 3.05) is 7.11 Å². The molecular formula is C23H20N6O4. The molecule has 0 radical (unpaired) electrons. The summed E-state index contributed by atoms with van der Waals surface area (Å²) in [6, 6.07) is 14.2. The third-order valence-electron chi connectivity index (χ3n) is 5.28. The van der Waals surface area contributed by atoms with Gasteiger partial charge in [0.25, 0.3) is 0 Å². The second kappa shape index (κ2) is 8.23. The summed E-state index contributed by atoms with van der Waals surface area (Å²) in [5.41, 5.74) is 2.89. The van der Waals surface area contributed by atoms with Gasteiger partial charge in [-0.05, 0) is 48.9 Å². The van der Waals surface area contributed by atoms with E-state index >= 15 is 0 Å². The molecule has 10 heteroatoms. The predicted octanol–water partition coefficient (Wildman–Crippen LogP) is 2.15. The van der Waals surface area contributed by atoms with E-state index in [1.807, 2.05) is 19.1 Å². The fourth-order valence-corrected chi connectivity index (χ4v) is 3.65. The van der Waals surface area contributed by atoms with Gasteiger partial charge >= 0.3 is 11.3 Å². The SMILES string of the molecule is COc1ccc(-n2ncn(Cc3cn(Cc4cc(=O)oc5ccc(C)cc45)nn3)c2=O)cc1. The smallest absolute Gasteiger partial charge is 0.350 e. The lowest BCUT2D eigenvalue weighted by Crippen LogP contribution is -2.24. The molecule has 0 N–H and O–H groups in total. The van der Waals surface area contributed by atoms with Crippen LogP contribution in [-0.4, -0.2) is 36.5 Å².